The average Bonchev–Trinajstić information content (AvgIpc) is 1.98. The Kier molecular flexibility index (Phi) is 5.06. The first-order valence-electron chi connectivity index (χ1n) is 3.92. The summed E-state index contributed by atoms with van der Waals surface area (Å²) in [6.45, 7) is 3.37. The molecule has 5 nitrogen and oxygen atoms in total. The lowest BCUT2D eigenvalue weighted by Gasteiger charge is -2.14. The normalized spacial score (nSPS) is 12.6. The van der Waals surface area contributed by atoms with E-state index < -0.39 is 18.0 Å². The number of rotatable bonds is 5. The van der Waals surface area contributed by atoms with Gasteiger partial charge >= 0.3 is 11.9 Å². The van der Waals surface area contributed by atoms with Crippen molar-refractivity contribution >= 4 is 11.9 Å². The van der Waals surface area contributed by atoms with Crippen molar-refractivity contribution in [1.82, 2.24) is 0 Å². The second-order valence-corrected chi connectivity index (χ2v) is 2.81. The number of carbonyl (C=O) groups excluding carboxylic acids is 1. The quantitative estimate of drug-likeness (QED) is 0.636. The highest BCUT2D eigenvalue weighted by Gasteiger charge is 2.23. The molecular formula is C8H14O5. The highest BCUT2D eigenvalue weighted by atomic mass is 16.6. The molecule has 1 unspecified atom stereocenters. The van der Waals surface area contributed by atoms with Gasteiger partial charge in [-0.05, 0) is 13.8 Å². The first-order chi connectivity index (χ1) is 5.97. The molecular weight excluding hydrogens is 176 g/mol. The van der Waals surface area contributed by atoms with Gasteiger partial charge in [0, 0.05) is 7.11 Å². The van der Waals surface area contributed by atoms with Gasteiger partial charge in [0.1, 0.15) is 0 Å². The van der Waals surface area contributed by atoms with E-state index in [1.807, 2.05) is 0 Å². The molecule has 1 atom stereocenters. The number of aliphatic carboxylic acids is 1. The van der Waals surface area contributed by atoms with Crippen LogP contribution in [0.2, 0.25) is 0 Å². The van der Waals surface area contributed by atoms with E-state index in [0.717, 1.165) is 0 Å². The van der Waals surface area contributed by atoms with Crippen LogP contribution >= 0.6 is 0 Å². The smallest absolute Gasteiger partial charge is 0.336 e. The van der Waals surface area contributed by atoms with Gasteiger partial charge in [-0.15, -0.1) is 0 Å². The SMILES string of the molecule is COC(CC(=O)O)C(=O)OC(C)C. The molecule has 0 heterocycles. The summed E-state index contributed by atoms with van der Waals surface area (Å²) in [5, 5.41) is 8.41. The predicted octanol–water partition coefficient (Wildman–Crippen LogP) is 0.428. The third-order valence-electron chi connectivity index (χ3n) is 1.26. The van der Waals surface area contributed by atoms with Gasteiger partial charge in [-0.25, -0.2) is 4.79 Å². The van der Waals surface area contributed by atoms with Gasteiger partial charge in [-0.1, -0.05) is 0 Å². The standard InChI is InChI=1S/C8H14O5/c1-5(2)13-8(11)6(12-3)4-7(9)10/h5-6H,4H2,1-3H3,(H,9,10). The average molecular weight is 190 g/mol. The zero-order valence-corrected chi connectivity index (χ0v) is 7.94. The third-order valence-corrected chi connectivity index (χ3v) is 1.26. The lowest BCUT2D eigenvalue weighted by Crippen LogP contribution is -2.29. The van der Waals surface area contributed by atoms with E-state index in [0.29, 0.717) is 0 Å². The highest BCUT2D eigenvalue weighted by Crippen LogP contribution is 2.02. The molecule has 0 bridgehead atoms. The molecule has 0 aliphatic rings. The molecule has 0 amide bonds. The minimum absolute atomic E-state index is 0.265. The summed E-state index contributed by atoms with van der Waals surface area (Å²) in [6, 6.07) is 0. The lowest BCUT2D eigenvalue weighted by molar-refractivity contribution is -0.163. The van der Waals surface area contributed by atoms with Crippen molar-refractivity contribution in [3.63, 3.8) is 0 Å². The molecule has 0 aromatic rings. The van der Waals surface area contributed by atoms with Gasteiger partial charge in [0.05, 0.1) is 12.5 Å². The lowest BCUT2D eigenvalue weighted by atomic mass is 10.2. The Morgan fingerprint density at radius 3 is 2.23 bits per heavy atom. The Hall–Kier alpha value is -1.10. The molecule has 0 fully saturated rings. The first kappa shape index (κ1) is 11.9. The Labute approximate surface area is 76.6 Å². The molecule has 0 aliphatic heterocycles. The highest BCUT2D eigenvalue weighted by molar-refractivity contribution is 5.81. The minimum atomic E-state index is -1.09. The summed E-state index contributed by atoms with van der Waals surface area (Å²) in [7, 11) is 1.27. The van der Waals surface area contributed by atoms with Gasteiger partial charge < -0.3 is 14.6 Å². The fourth-order valence-corrected chi connectivity index (χ4v) is 0.730. The molecule has 0 spiro atoms. The molecule has 0 radical (unpaired) electrons. The second kappa shape index (κ2) is 5.53. The van der Waals surface area contributed by atoms with Gasteiger partial charge in [0.25, 0.3) is 0 Å². The van der Waals surface area contributed by atoms with Crippen molar-refractivity contribution in [3.8, 4) is 0 Å². The first-order valence-corrected chi connectivity index (χ1v) is 3.92. The van der Waals surface area contributed by atoms with Gasteiger partial charge in [0.2, 0.25) is 0 Å². The van der Waals surface area contributed by atoms with E-state index in [-0.39, 0.29) is 12.5 Å². The summed E-state index contributed by atoms with van der Waals surface area (Å²) in [6.07, 6.45) is -1.65. The molecule has 0 aromatic heterocycles. The van der Waals surface area contributed by atoms with Gasteiger partial charge in [-0.2, -0.15) is 0 Å². The minimum Gasteiger partial charge on any atom is -0.481 e. The Bertz CT molecular complexity index is 187. The molecule has 13 heavy (non-hydrogen) atoms. The molecule has 0 saturated heterocycles. The second-order valence-electron chi connectivity index (χ2n) is 2.81. The number of carboxylic acids is 1. The molecule has 0 aliphatic carbocycles. The summed E-state index contributed by atoms with van der Waals surface area (Å²) in [5.41, 5.74) is 0. The van der Waals surface area contributed by atoms with E-state index >= 15 is 0 Å². The summed E-state index contributed by atoms with van der Waals surface area (Å²) >= 11 is 0. The number of esters is 1. The van der Waals surface area contributed by atoms with Crippen LogP contribution in [-0.4, -0.2) is 36.4 Å². The van der Waals surface area contributed by atoms with Gasteiger partial charge in [0.15, 0.2) is 6.10 Å². The van der Waals surface area contributed by atoms with Crippen molar-refractivity contribution in [1.29, 1.82) is 0 Å². The van der Waals surface area contributed by atoms with Crippen LogP contribution in [0.3, 0.4) is 0 Å². The zero-order valence-electron chi connectivity index (χ0n) is 7.94. The van der Waals surface area contributed by atoms with E-state index in [1.165, 1.54) is 7.11 Å². The van der Waals surface area contributed by atoms with E-state index in [9.17, 15) is 9.59 Å². The molecule has 0 aromatic carbocycles. The Morgan fingerprint density at radius 2 is 1.92 bits per heavy atom. The van der Waals surface area contributed by atoms with Crippen LogP contribution in [-0.2, 0) is 19.1 Å². The van der Waals surface area contributed by atoms with Crippen LogP contribution in [0.15, 0.2) is 0 Å². The zero-order chi connectivity index (χ0) is 10.4. The number of hydrogen-bond donors (Lipinski definition) is 1. The summed E-state index contributed by atoms with van der Waals surface area (Å²) in [5.74, 6) is -1.73. The van der Waals surface area contributed by atoms with E-state index in [4.69, 9.17) is 9.84 Å². The molecule has 5 heteroatoms. The summed E-state index contributed by atoms with van der Waals surface area (Å²) in [4.78, 5) is 21.4. The number of carboxylic acid groups (broad SMARTS) is 1. The largest absolute Gasteiger partial charge is 0.481 e. The summed E-state index contributed by atoms with van der Waals surface area (Å²) < 4.78 is 9.45. The molecule has 1 N–H and O–H groups in total. The predicted molar refractivity (Wildman–Crippen MR) is 44.3 cm³/mol. The van der Waals surface area contributed by atoms with E-state index in [1.54, 1.807) is 13.8 Å². The maximum Gasteiger partial charge on any atom is 0.336 e. The molecule has 76 valence electrons. The van der Waals surface area contributed by atoms with Crippen molar-refractivity contribution in [2.45, 2.75) is 32.5 Å². The number of methoxy groups -OCH3 is 1. The van der Waals surface area contributed by atoms with Crippen molar-refractivity contribution < 1.29 is 24.2 Å². The molecule has 0 saturated carbocycles. The Balaban J connectivity index is 4.07. The van der Waals surface area contributed by atoms with Crippen LogP contribution in [0.4, 0.5) is 0 Å². The Morgan fingerprint density at radius 1 is 1.38 bits per heavy atom. The number of hydrogen-bond acceptors (Lipinski definition) is 4. The fraction of sp³-hybridized carbons (Fsp3) is 0.750. The fourth-order valence-electron chi connectivity index (χ4n) is 0.730. The van der Waals surface area contributed by atoms with E-state index in [2.05, 4.69) is 4.74 Å². The van der Waals surface area contributed by atoms with Gasteiger partial charge in [-0.3, -0.25) is 4.79 Å². The van der Waals surface area contributed by atoms with Crippen LogP contribution in [0.1, 0.15) is 20.3 Å². The van der Waals surface area contributed by atoms with Crippen LogP contribution in [0.5, 0.6) is 0 Å². The number of ether oxygens (including phenoxy) is 2. The third kappa shape index (κ3) is 5.19. The topological polar surface area (TPSA) is 72.8 Å². The monoisotopic (exact) mass is 190 g/mol. The van der Waals surface area contributed by atoms with Crippen LogP contribution in [0.25, 0.3) is 0 Å². The number of carbonyl (C=O) groups is 2. The van der Waals surface area contributed by atoms with Crippen LogP contribution in [0, 0.1) is 0 Å². The van der Waals surface area contributed by atoms with Crippen molar-refractivity contribution in [2.75, 3.05) is 7.11 Å². The van der Waals surface area contributed by atoms with Crippen molar-refractivity contribution in [3.05, 3.63) is 0 Å². The maximum atomic E-state index is 11.1. The van der Waals surface area contributed by atoms with Crippen molar-refractivity contribution in [2.24, 2.45) is 0 Å². The maximum absolute atomic E-state index is 11.1. The van der Waals surface area contributed by atoms with Crippen LogP contribution < -0.4 is 0 Å². The molecule has 0 rings (SSSR count).